The minimum atomic E-state index is -0.718. The van der Waals surface area contributed by atoms with E-state index in [0.29, 0.717) is 0 Å². The van der Waals surface area contributed by atoms with E-state index in [1.54, 1.807) is 6.92 Å². The second-order valence-electron chi connectivity index (χ2n) is 5.97. The maximum atomic E-state index is 12.1. The Morgan fingerprint density at radius 1 is 0.760 bits per heavy atom. The lowest BCUT2D eigenvalue weighted by Gasteiger charge is -2.33. The summed E-state index contributed by atoms with van der Waals surface area (Å²) in [4.78, 5) is 12.1. The molecule has 0 saturated carbocycles. The molecule has 2 heteroatoms. The first-order chi connectivity index (χ1) is 12.2. The third-order valence-electron chi connectivity index (χ3n) is 4.16. The molecule has 0 aliphatic heterocycles. The minimum absolute atomic E-state index is 0.0783. The molecule has 1 N–H and O–H groups in total. The van der Waals surface area contributed by atoms with Crippen LogP contribution in [0.4, 0.5) is 0 Å². The number of hydrogen-bond donors (Lipinski definition) is 1. The van der Waals surface area contributed by atoms with E-state index in [2.05, 4.69) is 17.5 Å². The summed E-state index contributed by atoms with van der Waals surface area (Å²) in [5.41, 5.74) is 2.40. The molecule has 3 rings (SSSR count). The molecular weight excluding hydrogens is 306 g/mol. The minimum Gasteiger partial charge on any atom is -0.339 e. The molecule has 0 fully saturated rings. The molecule has 2 nitrogen and oxygen atoms in total. The number of benzene rings is 3. The van der Waals surface area contributed by atoms with Gasteiger partial charge in [-0.3, -0.25) is 4.79 Å². The number of rotatable bonds is 5. The van der Waals surface area contributed by atoms with E-state index >= 15 is 0 Å². The van der Waals surface area contributed by atoms with Gasteiger partial charge in [-0.1, -0.05) is 97.1 Å². The van der Waals surface area contributed by atoms with E-state index < -0.39 is 5.54 Å². The Hall–Kier alpha value is -3.13. The lowest BCUT2D eigenvalue weighted by atomic mass is 9.82. The Kier molecular flexibility index (Phi) is 5.10. The summed E-state index contributed by atoms with van der Waals surface area (Å²) in [7, 11) is 0. The molecule has 3 aromatic carbocycles. The van der Waals surface area contributed by atoms with Crippen LogP contribution in [0.1, 0.15) is 23.6 Å². The smallest absolute Gasteiger partial charge is 0.218 e. The summed E-state index contributed by atoms with van der Waals surface area (Å²) in [6.07, 6.45) is 4.12. The van der Waals surface area contributed by atoms with Crippen molar-refractivity contribution in [2.75, 3.05) is 0 Å². The van der Waals surface area contributed by atoms with Crippen molar-refractivity contribution in [1.82, 2.24) is 5.32 Å². The Morgan fingerprint density at radius 3 is 1.64 bits per heavy atom. The molecule has 0 bridgehead atoms. The zero-order chi connectivity index (χ0) is 17.5. The summed E-state index contributed by atoms with van der Waals surface area (Å²) < 4.78 is 0. The molecule has 0 atom stereocenters. The monoisotopic (exact) mass is 327 g/mol. The van der Waals surface area contributed by atoms with Crippen LogP contribution in [0.25, 0.3) is 6.08 Å². The zero-order valence-corrected chi connectivity index (χ0v) is 14.2. The number of carbonyl (C=O) groups excluding carboxylic acids is 1. The van der Waals surface area contributed by atoms with Crippen LogP contribution in [-0.2, 0) is 10.3 Å². The summed E-state index contributed by atoms with van der Waals surface area (Å²) >= 11 is 0. The predicted octanol–water partition coefficient (Wildman–Crippen LogP) is 4.78. The molecule has 3 aromatic rings. The van der Waals surface area contributed by atoms with E-state index in [4.69, 9.17) is 0 Å². The van der Waals surface area contributed by atoms with Crippen molar-refractivity contribution in [2.45, 2.75) is 12.5 Å². The molecule has 25 heavy (non-hydrogen) atoms. The molecule has 0 spiro atoms. The van der Waals surface area contributed by atoms with Crippen LogP contribution in [-0.4, -0.2) is 5.91 Å². The first-order valence-electron chi connectivity index (χ1n) is 8.35. The number of hydrogen-bond acceptors (Lipinski definition) is 1. The molecule has 0 radical (unpaired) electrons. The topological polar surface area (TPSA) is 29.1 Å². The Bertz CT molecular complexity index is 800. The van der Waals surface area contributed by atoms with Crippen molar-refractivity contribution < 1.29 is 4.79 Å². The van der Waals surface area contributed by atoms with Crippen LogP contribution < -0.4 is 5.32 Å². The van der Waals surface area contributed by atoms with Gasteiger partial charge in [-0.05, 0) is 22.8 Å². The largest absolute Gasteiger partial charge is 0.339 e. The van der Waals surface area contributed by atoms with Crippen molar-refractivity contribution in [3.05, 3.63) is 114 Å². The SMILES string of the molecule is CC(=O)NC(/C=C/c1ccccc1)(c1ccccc1)c1ccccc1. The molecule has 0 aliphatic rings. The highest BCUT2D eigenvalue weighted by Crippen LogP contribution is 2.32. The van der Waals surface area contributed by atoms with Gasteiger partial charge in [0.05, 0.1) is 0 Å². The van der Waals surface area contributed by atoms with Gasteiger partial charge < -0.3 is 5.32 Å². The summed E-state index contributed by atoms with van der Waals surface area (Å²) in [5.74, 6) is -0.0783. The third-order valence-corrected chi connectivity index (χ3v) is 4.16. The van der Waals surface area contributed by atoms with Crippen LogP contribution in [0.5, 0.6) is 0 Å². The third kappa shape index (κ3) is 3.86. The Labute approximate surface area is 148 Å². The van der Waals surface area contributed by atoms with Gasteiger partial charge in [0.2, 0.25) is 5.91 Å². The van der Waals surface area contributed by atoms with Gasteiger partial charge in [0.15, 0.2) is 0 Å². The van der Waals surface area contributed by atoms with E-state index in [1.807, 2.05) is 91.0 Å². The Balaban J connectivity index is 2.18. The first kappa shape index (κ1) is 16.7. The maximum Gasteiger partial charge on any atom is 0.218 e. The van der Waals surface area contributed by atoms with Crippen LogP contribution >= 0.6 is 0 Å². The van der Waals surface area contributed by atoms with Gasteiger partial charge in [0.1, 0.15) is 5.54 Å². The Morgan fingerprint density at radius 2 is 1.20 bits per heavy atom. The second-order valence-corrected chi connectivity index (χ2v) is 5.97. The second kappa shape index (κ2) is 7.63. The fourth-order valence-corrected chi connectivity index (χ4v) is 3.01. The van der Waals surface area contributed by atoms with Crippen molar-refractivity contribution in [3.8, 4) is 0 Å². The maximum absolute atomic E-state index is 12.1. The summed E-state index contributed by atoms with van der Waals surface area (Å²) in [5, 5.41) is 3.17. The van der Waals surface area contributed by atoms with Crippen LogP contribution in [0.2, 0.25) is 0 Å². The normalized spacial score (nSPS) is 11.4. The lowest BCUT2D eigenvalue weighted by molar-refractivity contribution is -0.120. The first-order valence-corrected chi connectivity index (χ1v) is 8.35. The van der Waals surface area contributed by atoms with Gasteiger partial charge >= 0.3 is 0 Å². The van der Waals surface area contributed by atoms with Crippen molar-refractivity contribution >= 4 is 12.0 Å². The number of carbonyl (C=O) groups is 1. The van der Waals surface area contributed by atoms with Crippen molar-refractivity contribution in [2.24, 2.45) is 0 Å². The fraction of sp³-hybridized carbons (Fsp3) is 0.0870. The van der Waals surface area contributed by atoms with Crippen molar-refractivity contribution in [3.63, 3.8) is 0 Å². The highest BCUT2D eigenvalue weighted by Gasteiger charge is 2.32. The molecule has 1 amide bonds. The van der Waals surface area contributed by atoms with E-state index in [1.165, 1.54) is 0 Å². The number of nitrogens with one attached hydrogen (secondary N) is 1. The molecule has 0 saturated heterocycles. The fourth-order valence-electron chi connectivity index (χ4n) is 3.01. The average molecular weight is 327 g/mol. The van der Waals surface area contributed by atoms with Crippen molar-refractivity contribution in [1.29, 1.82) is 0 Å². The quantitative estimate of drug-likeness (QED) is 0.718. The lowest BCUT2D eigenvalue weighted by Crippen LogP contribution is -2.44. The molecule has 0 unspecified atom stereocenters. The van der Waals surface area contributed by atoms with E-state index in [0.717, 1.165) is 16.7 Å². The molecule has 0 aliphatic carbocycles. The van der Waals surface area contributed by atoms with Crippen LogP contribution in [0, 0.1) is 0 Å². The van der Waals surface area contributed by atoms with Gasteiger partial charge in [-0.25, -0.2) is 0 Å². The standard InChI is InChI=1S/C23H21NO/c1-19(25)24-23(21-13-7-3-8-14-21,22-15-9-4-10-16-22)18-17-20-11-5-2-6-12-20/h2-18H,1H3,(H,24,25)/b18-17+. The van der Waals surface area contributed by atoms with Gasteiger partial charge in [0.25, 0.3) is 0 Å². The molecule has 124 valence electrons. The van der Waals surface area contributed by atoms with Gasteiger partial charge in [-0.2, -0.15) is 0 Å². The number of amides is 1. The highest BCUT2D eigenvalue weighted by molar-refractivity contribution is 5.76. The van der Waals surface area contributed by atoms with Crippen LogP contribution in [0.3, 0.4) is 0 Å². The van der Waals surface area contributed by atoms with E-state index in [9.17, 15) is 4.79 Å². The van der Waals surface area contributed by atoms with Crippen LogP contribution in [0.15, 0.2) is 97.1 Å². The summed E-state index contributed by atoms with van der Waals surface area (Å²) in [6.45, 7) is 1.55. The van der Waals surface area contributed by atoms with Gasteiger partial charge in [0, 0.05) is 6.92 Å². The molecular formula is C23H21NO. The molecule has 0 heterocycles. The zero-order valence-electron chi connectivity index (χ0n) is 14.2. The highest BCUT2D eigenvalue weighted by atomic mass is 16.1. The average Bonchev–Trinajstić information content (AvgIpc) is 2.67. The molecule has 0 aromatic heterocycles. The van der Waals surface area contributed by atoms with E-state index in [-0.39, 0.29) is 5.91 Å². The summed E-state index contributed by atoms with van der Waals surface area (Å²) in [6, 6.07) is 30.2. The predicted molar refractivity (Wildman–Crippen MR) is 103 cm³/mol. The van der Waals surface area contributed by atoms with Gasteiger partial charge in [-0.15, -0.1) is 0 Å².